The third kappa shape index (κ3) is 6.29. The first-order valence-electron chi connectivity index (χ1n) is 5.54. The van der Waals surface area contributed by atoms with E-state index >= 15 is 0 Å². The van der Waals surface area contributed by atoms with Gasteiger partial charge in [-0.2, -0.15) is 0 Å². The highest BCUT2D eigenvalue weighted by molar-refractivity contribution is 6.32. The lowest BCUT2D eigenvalue weighted by molar-refractivity contribution is 0.406. The summed E-state index contributed by atoms with van der Waals surface area (Å²) in [6, 6.07) is 0. The van der Waals surface area contributed by atoms with Crippen LogP contribution in [0.25, 0.3) is 0 Å². The van der Waals surface area contributed by atoms with Crippen LogP contribution in [0, 0.1) is 13.8 Å². The summed E-state index contributed by atoms with van der Waals surface area (Å²) in [5.74, 6) is 1.94. The Balaban J connectivity index is 0.000000364. The number of ether oxygens (including phenoxy) is 2. The standard InChI is InChI=1S/C7H10N2O.C5H4Cl2N2O.ClH/c1-5-7(10-3)4-8-6(2)9-5;1-10-3-2-8-5(7)9-4(3)6;/h4H,1-3H3;2H,1H3;1H. The fourth-order valence-corrected chi connectivity index (χ4v) is 1.62. The van der Waals surface area contributed by atoms with E-state index in [4.69, 9.17) is 32.7 Å². The van der Waals surface area contributed by atoms with Gasteiger partial charge in [0.05, 0.1) is 32.3 Å². The molecule has 0 aliphatic rings. The molecule has 2 rings (SSSR count). The van der Waals surface area contributed by atoms with Crippen molar-refractivity contribution in [2.24, 2.45) is 0 Å². The van der Waals surface area contributed by atoms with Gasteiger partial charge in [0.1, 0.15) is 5.82 Å². The summed E-state index contributed by atoms with van der Waals surface area (Å²) in [7, 11) is 3.10. The zero-order valence-electron chi connectivity index (χ0n) is 11.9. The predicted octanol–water partition coefficient (Wildman–Crippen LogP) is 3.32. The van der Waals surface area contributed by atoms with Gasteiger partial charge in [-0.25, -0.2) is 19.9 Å². The summed E-state index contributed by atoms with van der Waals surface area (Å²) in [5.41, 5.74) is 0.884. The van der Waals surface area contributed by atoms with E-state index in [1.807, 2.05) is 13.8 Å². The Bertz CT molecular complexity index is 533. The van der Waals surface area contributed by atoms with E-state index in [2.05, 4.69) is 19.9 Å². The molecule has 0 saturated carbocycles. The van der Waals surface area contributed by atoms with Gasteiger partial charge in [-0.1, -0.05) is 11.6 Å². The maximum Gasteiger partial charge on any atom is 0.224 e. The molecule has 0 saturated heterocycles. The van der Waals surface area contributed by atoms with Crippen LogP contribution in [0.5, 0.6) is 11.5 Å². The molecule has 2 heterocycles. The maximum atomic E-state index is 5.57. The Morgan fingerprint density at radius 3 is 1.95 bits per heavy atom. The minimum Gasteiger partial charge on any atom is -0.493 e. The number of hydrogen-bond acceptors (Lipinski definition) is 6. The molecular formula is C12H15Cl3N4O2. The number of nitrogens with zero attached hydrogens (tertiary/aromatic N) is 4. The van der Waals surface area contributed by atoms with Crippen LogP contribution in [0.15, 0.2) is 12.4 Å². The SMILES string of the molecule is COc1cnc(C)nc1C.COc1cnc(Cl)nc1Cl.Cl. The summed E-state index contributed by atoms with van der Waals surface area (Å²) < 4.78 is 9.76. The van der Waals surface area contributed by atoms with E-state index in [9.17, 15) is 0 Å². The van der Waals surface area contributed by atoms with Crippen molar-refractivity contribution < 1.29 is 9.47 Å². The Labute approximate surface area is 139 Å². The number of halogens is 3. The zero-order chi connectivity index (χ0) is 15.1. The zero-order valence-corrected chi connectivity index (χ0v) is 14.3. The van der Waals surface area contributed by atoms with Gasteiger partial charge in [0.25, 0.3) is 0 Å². The van der Waals surface area contributed by atoms with Crippen molar-refractivity contribution in [1.29, 1.82) is 0 Å². The van der Waals surface area contributed by atoms with E-state index < -0.39 is 0 Å². The number of aromatic nitrogens is 4. The van der Waals surface area contributed by atoms with Crippen LogP contribution in [-0.4, -0.2) is 34.2 Å². The maximum absolute atomic E-state index is 5.57. The third-order valence-corrected chi connectivity index (χ3v) is 2.63. The highest BCUT2D eigenvalue weighted by Gasteiger charge is 2.01. The van der Waals surface area contributed by atoms with Crippen LogP contribution in [-0.2, 0) is 0 Å². The van der Waals surface area contributed by atoms with Crippen LogP contribution in [0.3, 0.4) is 0 Å². The molecule has 0 aliphatic heterocycles. The van der Waals surface area contributed by atoms with E-state index in [-0.39, 0.29) is 22.8 Å². The van der Waals surface area contributed by atoms with Crippen LogP contribution < -0.4 is 9.47 Å². The van der Waals surface area contributed by atoms with Gasteiger partial charge in [-0.3, -0.25) is 0 Å². The first-order valence-corrected chi connectivity index (χ1v) is 6.29. The lowest BCUT2D eigenvalue weighted by Crippen LogP contribution is -1.94. The minimum absolute atomic E-state index is 0. The predicted molar refractivity (Wildman–Crippen MR) is 83.9 cm³/mol. The molecule has 0 fully saturated rings. The van der Waals surface area contributed by atoms with Gasteiger partial charge in [-0.05, 0) is 25.4 Å². The smallest absolute Gasteiger partial charge is 0.224 e. The summed E-state index contributed by atoms with van der Waals surface area (Å²) in [6.07, 6.45) is 3.09. The Morgan fingerprint density at radius 1 is 0.905 bits per heavy atom. The summed E-state index contributed by atoms with van der Waals surface area (Å²) in [6.45, 7) is 3.75. The third-order valence-electron chi connectivity index (χ3n) is 2.18. The average molecular weight is 354 g/mol. The Hall–Kier alpha value is -1.37. The van der Waals surface area contributed by atoms with Crippen LogP contribution in [0.2, 0.25) is 10.4 Å². The monoisotopic (exact) mass is 352 g/mol. The van der Waals surface area contributed by atoms with E-state index in [1.54, 1.807) is 13.3 Å². The molecule has 0 amide bonds. The van der Waals surface area contributed by atoms with E-state index in [0.29, 0.717) is 5.75 Å². The van der Waals surface area contributed by atoms with Crippen LogP contribution >= 0.6 is 35.6 Å². The number of aryl methyl sites for hydroxylation is 2. The molecule has 0 spiro atoms. The second-order valence-electron chi connectivity index (χ2n) is 3.57. The fourth-order valence-electron chi connectivity index (χ4n) is 1.24. The highest BCUT2D eigenvalue weighted by Crippen LogP contribution is 2.20. The van der Waals surface area contributed by atoms with Crippen LogP contribution in [0.1, 0.15) is 11.5 Å². The molecule has 2 aromatic heterocycles. The molecule has 0 bridgehead atoms. The van der Waals surface area contributed by atoms with Gasteiger partial charge in [-0.15, -0.1) is 12.4 Å². The van der Waals surface area contributed by atoms with Gasteiger partial charge in [0.15, 0.2) is 16.7 Å². The molecule has 0 radical (unpaired) electrons. The molecule has 2 aromatic rings. The normalized spacial score (nSPS) is 9.05. The molecule has 9 heteroatoms. The first kappa shape index (κ1) is 19.6. The van der Waals surface area contributed by atoms with Crippen molar-refractivity contribution in [3.8, 4) is 11.5 Å². The van der Waals surface area contributed by atoms with E-state index in [1.165, 1.54) is 13.3 Å². The molecule has 116 valence electrons. The van der Waals surface area contributed by atoms with Gasteiger partial charge >= 0.3 is 0 Å². The highest BCUT2D eigenvalue weighted by atomic mass is 35.5. The molecule has 0 N–H and O–H groups in total. The lowest BCUT2D eigenvalue weighted by Gasteiger charge is -2.01. The quantitative estimate of drug-likeness (QED) is 0.609. The lowest BCUT2D eigenvalue weighted by atomic mass is 10.4. The Kier molecular flexibility index (Phi) is 8.92. The average Bonchev–Trinajstić information content (AvgIpc) is 2.40. The molecular weight excluding hydrogens is 339 g/mol. The first-order chi connectivity index (χ1) is 9.47. The van der Waals surface area contributed by atoms with E-state index in [0.717, 1.165) is 17.3 Å². The number of methoxy groups -OCH3 is 2. The van der Waals surface area contributed by atoms with Crippen LogP contribution in [0.4, 0.5) is 0 Å². The summed E-state index contributed by atoms with van der Waals surface area (Å²) in [5, 5.41) is 0.341. The molecule has 6 nitrogen and oxygen atoms in total. The minimum atomic E-state index is 0. The summed E-state index contributed by atoms with van der Waals surface area (Å²) in [4.78, 5) is 15.4. The largest absolute Gasteiger partial charge is 0.493 e. The molecule has 0 aromatic carbocycles. The summed E-state index contributed by atoms with van der Waals surface area (Å²) >= 11 is 11.0. The molecule has 0 atom stereocenters. The van der Waals surface area contributed by atoms with Crippen molar-refractivity contribution in [2.75, 3.05) is 14.2 Å². The van der Waals surface area contributed by atoms with Crippen molar-refractivity contribution in [3.63, 3.8) is 0 Å². The number of rotatable bonds is 2. The van der Waals surface area contributed by atoms with Crippen molar-refractivity contribution in [2.45, 2.75) is 13.8 Å². The van der Waals surface area contributed by atoms with Crippen molar-refractivity contribution in [1.82, 2.24) is 19.9 Å². The Morgan fingerprint density at radius 2 is 1.48 bits per heavy atom. The second-order valence-corrected chi connectivity index (χ2v) is 4.27. The van der Waals surface area contributed by atoms with Crippen molar-refractivity contribution >= 4 is 35.6 Å². The molecule has 21 heavy (non-hydrogen) atoms. The fraction of sp³-hybridized carbons (Fsp3) is 0.333. The van der Waals surface area contributed by atoms with Gasteiger partial charge in [0.2, 0.25) is 5.28 Å². The number of hydrogen-bond donors (Lipinski definition) is 0. The van der Waals surface area contributed by atoms with Crippen molar-refractivity contribution in [3.05, 3.63) is 34.3 Å². The second kappa shape index (κ2) is 9.55. The topological polar surface area (TPSA) is 70.0 Å². The molecule has 0 unspecified atom stereocenters. The van der Waals surface area contributed by atoms with Gasteiger partial charge in [0, 0.05) is 0 Å². The van der Waals surface area contributed by atoms with Gasteiger partial charge < -0.3 is 9.47 Å². The molecule has 0 aliphatic carbocycles.